The van der Waals surface area contributed by atoms with Crippen LogP contribution in [0.1, 0.15) is 10.4 Å². The third kappa shape index (κ3) is 4.63. The minimum Gasteiger partial charge on any atom is -0.497 e. The van der Waals surface area contributed by atoms with Crippen LogP contribution in [0.2, 0.25) is 0 Å². The molecule has 0 atom stereocenters. The second kappa shape index (κ2) is 10.3. The van der Waals surface area contributed by atoms with E-state index in [1.165, 1.54) is 53.7 Å². The summed E-state index contributed by atoms with van der Waals surface area (Å²) < 4.78 is 37.6. The van der Waals surface area contributed by atoms with E-state index in [1.54, 1.807) is 36.4 Å². The van der Waals surface area contributed by atoms with Gasteiger partial charge in [0.15, 0.2) is 11.5 Å². The highest BCUT2D eigenvalue weighted by molar-refractivity contribution is 5.93. The van der Waals surface area contributed by atoms with E-state index < -0.39 is 11.6 Å². The van der Waals surface area contributed by atoms with Crippen molar-refractivity contribution in [1.82, 2.24) is 0 Å². The lowest BCUT2D eigenvalue weighted by Crippen LogP contribution is -2.10. The Morgan fingerprint density at radius 1 is 0.667 bits per heavy atom. The first kappa shape index (κ1) is 24.5. The van der Waals surface area contributed by atoms with Crippen molar-refractivity contribution in [3.63, 3.8) is 0 Å². The van der Waals surface area contributed by atoms with Crippen LogP contribution < -0.4 is 34.0 Å². The van der Waals surface area contributed by atoms with E-state index in [9.17, 15) is 9.59 Å². The highest BCUT2D eigenvalue weighted by Crippen LogP contribution is 2.38. The molecular formula is C27H24O9. The highest BCUT2D eigenvalue weighted by atomic mass is 16.5. The molecule has 0 amide bonds. The van der Waals surface area contributed by atoms with Crippen molar-refractivity contribution < 1.29 is 37.6 Å². The summed E-state index contributed by atoms with van der Waals surface area (Å²) in [4.78, 5) is 25.7. The number of hydrogen-bond donors (Lipinski definition) is 0. The minimum atomic E-state index is -0.659. The fourth-order valence-electron chi connectivity index (χ4n) is 3.73. The number of methoxy groups -OCH3 is 5. The van der Waals surface area contributed by atoms with Gasteiger partial charge in [0.05, 0.1) is 46.7 Å². The van der Waals surface area contributed by atoms with E-state index in [0.29, 0.717) is 45.3 Å². The lowest BCUT2D eigenvalue weighted by Gasteiger charge is -2.14. The number of hydrogen-bond acceptors (Lipinski definition) is 9. The molecule has 0 bridgehead atoms. The SMILES string of the molecule is COc1ccc(OC)c(-c2cc3ccc(OC(=O)c4cc(OC)c(OC)c(OC)c4)cc3oc2=O)c1. The van der Waals surface area contributed by atoms with Gasteiger partial charge in [-0.15, -0.1) is 0 Å². The fourth-order valence-corrected chi connectivity index (χ4v) is 3.73. The van der Waals surface area contributed by atoms with Crippen LogP contribution in [0.5, 0.6) is 34.5 Å². The summed E-state index contributed by atoms with van der Waals surface area (Å²) in [6.45, 7) is 0. The van der Waals surface area contributed by atoms with Crippen LogP contribution in [0.15, 0.2) is 63.8 Å². The molecule has 0 spiro atoms. The molecule has 1 aromatic heterocycles. The van der Waals surface area contributed by atoms with E-state index >= 15 is 0 Å². The average molecular weight is 492 g/mol. The Hall–Kier alpha value is -4.66. The highest BCUT2D eigenvalue weighted by Gasteiger charge is 2.19. The standard InChI is InChI=1S/C27H24O9/c1-30-17-8-9-21(31-2)19(13-17)20-10-15-6-7-18(14-22(15)36-27(20)29)35-26(28)16-11-23(32-3)25(34-5)24(12-16)33-4/h6-14H,1-5H3. The van der Waals surface area contributed by atoms with Crippen molar-refractivity contribution in [3.8, 4) is 45.6 Å². The minimum absolute atomic E-state index is 0.187. The molecule has 1 heterocycles. The van der Waals surface area contributed by atoms with Crippen LogP contribution in [-0.2, 0) is 0 Å². The first-order valence-electron chi connectivity index (χ1n) is 10.7. The number of carbonyl (C=O) groups is 1. The van der Waals surface area contributed by atoms with Gasteiger partial charge in [-0.05, 0) is 48.5 Å². The van der Waals surface area contributed by atoms with E-state index in [-0.39, 0.29) is 16.9 Å². The lowest BCUT2D eigenvalue weighted by molar-refractivity contribution is 0.0734. The number of fused-ring (bicyclic) bond motifs is 1. The van der Waals surface area contributed by atoms with Gasteiger partial charge >= 0.3 is 11.6 Å². The molecule has 4 rings (SSSR count). The van der Waals surface area contributed by atoms with Gasteiger partial charge in [-0.1, -0.05) is 0 Å². The largest absolute Gasteiger partial charge is 0.497 e. The third-order valence-electron chi connectivity index (χ3n) is 5.52. The zero-order valence-electron chi connectivity index (χ0n) is 20.4. The molecular weight excluding hydrogens is 468 g/mol. The molecule has 3 aromatic carbocycles. The molecule has 0 aliphatic heterocycles. The second-order valence-corrected chi connectivity index (χ2v) is 7.52. The average Bonchev–Trinajstić information content (AvgIpc) is 2.91. The van der Waals surface area contributed by atoms with E-state index in [2.05, 4.69) is 0 Å². The van der Waals surface area contributed by atoms with Gasteiger partial charge in [-0.3, -0.25) is 0 Å². The van der Waals surface area contributed by atoms with Gasteiger partial charge in [0.1, 0.15) is 22.8 Å². The Morgan fingerprint density at radius 3 is 1.94 bits per heavy atom. The van der Waals surface area contributed by atoms with Gasteiger partial charge in [-0.2, -0.15) is 0 Å². The number of benzene rings is 3. The molecule has 0 fully saturated rings. The third-order valence-corrected chi connectivity index (χ3v) is 5.52. The topological polar surface area (TPSA) is 103 Å². The maximum atomic E-state index is 12.8. The van der Waals surface area contributed by atoms with Crippen molar-refractivity contribution in [3.05, 3.63) is 70.6 Å². The van der Waals surface area contributed by atoms with E-state index in [0.717, 1.165) is 0 Å². The van der Waals surface area contributed by atoms with Crippen LogP contribution in [0.25, 0.3) is 22.1 Å². The van der Waals surface area contributed by atoms with Gasteiger partial charge in [0.2, 0.25) is 5.75 Å². The molecule has 0 aliphatic carbocycles. The van der Waals surface area contributed by atoms with Gasteiger partial charge < -0.3 is 32.8 Å². The predicted octanol–water partition coefficient (Wildman–Crippen LogP) is 4.72. The normalized spacial score (nSPS) is 10.6. The van der Waals surface area contributed by atoms with E-state index in [4.69, 9.17) is 32.8 Å². The zero-order valence-corrected chi connectivity index (χ0v) is 20.4. The van der Waals surface area contributed by atoms with Crippen molar-refractivity contribution in [2.45, 2.75) is 0 Å². The van der Waals surface area contributed by atoms with Crippen molar-refractivity contribution in [1.29, 1.82) is 0 Å². The molecule has 186 valence electrons. The molecule has 9 heteroatoms. The Bertz CT molecular complexity index is 1460. The summed E-state index contributed by atoms with van der Waals surface area (Å²) >= 11 is 0. The Labute approximate surface area is 206 Å². The molecule has 0 N–H and O–H groups in total. The predicted molar refractivity (Wildman–Crippen MR) is 132 cm³/mol. The summed E-state index contributed by atoms with van der Waals surface area (Å²) in [6, 6.07) is 14.6. The zero-order chi connectivity index (χ0) is 25.8. The summed E-state index contributed by atoms with van der Waals surface area (Å²) in [5, 5.41) is 0.627. The summed E-state index contributed by atoms with van der Waals surface area (Å²) in [5.74, 6) is 1.58. The van der Waals surface area contributed by atoms with E-state index in [1.807, 2.05) is 0 Å². The molecule has 36 heavy (non-hydrogen) atoms. The van der Waals surface area contributed by atoms with Crippen LogP contribution in [0.4, 0.5) is 0 Å². The molecule has 4 aromatic rings. The summed E-state index contributed by atoms with van der Waals surface area (Å²) in [5.41, 5.74) is 0.695. The van der Waals surface area contributed by atoms with Crippen LogP contribution in [0, 0.1) is 0 Å². The van der Waals surface area contributed by atoms with Gasteiger partial charge in [0.25, 0.3) is 0 Å². The second-order valence-electron chi connectivity index (χ2n) is 7.52. The smallest absolute Gasteiger partial charge is 0.344 e. The maximum Gasteiger partial charge on any atom is 0.344 e. The molecule has 0 aliphatic rings. The maximum absolute atomic E-state index is 12.8. The number of esters is 1. The Kier molecular flexibility index (Phi) is 7.00. The lowest BCUT2D eigenvalue weighted by atomic mass is 10.0. The quantitative estimate of drug-likeness (QED) is 0.196. The van der Waals surface area contributed by atoms with Crippen LogP contribution in [-0.4, -0.2) is 41.5 Å². The van der Waals surface area contributed by atoms with Crippen LogP contribution >= 0.6 is 0 Å². The van der Waals surface area contributed by atoms with Crippen molar-refractivity contribution >= 4 is 16.9 Å². The summed E-state index contributed by atoms with van der Waals surface area (Å²) in [7, 11) is 7.43. The molecule has 9 nitrogen and oxygen atoms in total. The Morgan fingerprint density at radius 2 is 1.33 bits per heavy atom. The number of rotatable bonds is 8. The number of carbonyl (C=O) groups excluding carboxylic acids is 1. The first-order chi connectivity index (χ1) is 17.4. The molecule has 0 saturated heterocycles. The monoisotopic (exact) mass is 492 g/mol. The van der Waals surface area contributed by atoms with Gasteiger partial charge in [-0.25, -0.2) is 9.59 Å². The number of ether oxygens (including phenoxy) is 6. The summed E-state index contributed by atoms with van der Waals surface area (Å²) in [6.07, 6.45) is 0. The first-order valence-corrected chi connectivity index (χ1v) is 10.7. The Balaban J connectivity index is 1.68. The van der Waals surface area contributed by atoms with Crippen molar-refractivity contribution in [2.24, 2.45) is 0 Å². The van der Waals surface area contributed by atoms with Gasteiger partial charge in [0, 0.05) is 17.0 Å². The molecule has 0 unspecified atom stereocenters. The van der Waals surface area contributed by atoms with Crippen LogP contribution in [0.3, 0.4) is 0 Å². The molecule has 0 radical (unpaired) electrons. The molecule has 0 saturated carbocycles. The fraction of sp³-hybridized carbons (Fsp3) is 0.185. The van der Waals surface area contributed by atoms with Crippen molar-refractivity contribution in [2.75, 3.05) is 35.5 Å².